The molecule has 0 bridgehead atoms. The van der Waals surface area contributed by atoms with E-state index in [0.717, 1.165) is 22.1 Å². The van der Waals surface area contributed by atoms with Crippen LogP contribution in [0, 0.1) is 5.92 Å². The van der Waals surface area contributed by atoms with Crippen LogP contribution in [0.1, 0.15) is 44.6 Å². The van der Waals surface area contributed by atoms with Gasteiger partial charge in [0, 0.05) is 16.1 Å². The van der Waals surface area contributed by atoms with Crippen molar-refractivity contribution in [2.45, 2.75) is 18.4 Å². The van der Waals surface area contributed by atoms with Crippen LogP contribution in [0.3, 0.4) is 0 Å². The number of hydrogen-bond acceptors (Lipinski definition) is 2. The van der Waals surface area contributed by atoms with Crippen molar-refractivity contribution in [2.24, 2.45) is 5.92 Å². The van der Waals surface area contributed by atoms with Gasteiger partial charge >= 0.3 is 5.97 Å². The molecule has 134 valence electrons. The van der Waals surface area contributed by atoms with Crippen LogP contribution in [0.4, 0.5) is 5.69 Å². The van der Waals surface area contributed by atoms with E-state index in [4.69, 9.17) is 0 Å². The van der Waals surface area contributed by atoms with Gasteiger partial charge in [0.25, 0.3) is 0 Å². The molecular formula is C23H18BrNO2. The van der Waals surface area contributed by atoms with E-state index in [9.17, 15) is 9.90 Å². The summed E-state index contributed by atoms with van der Waals surface area (Å²) in [5.41, 5.74) is 6.43. The number of carboxylic acids is 1. The summed E-state index contributed by atoms with van der Waals surface area (Å²) in [5, 5.41) is 13.2. The summed E-state index contributed by atoms with van der Waals surface area (Å²) in [7, 11) is 0. The molecular weight excluding hydrogens is 402 g/mol. The molecule has 3 atom stereocenters. The molecule has 4 heteroatoms. The highest BCUT2D eigenvalue weighted by molar-refractivity contribution is 9.10. The Kier molecular flexibility index (Phi) is 3.83. The van der Waals surface area contributed by atoms with Gasteiger partial charge in [0.15, 0.2) is 0 Å². The van der Waals surface area contributed by atoms with Crippen LogP contribution < -0.4 is 5.32 Å². The van der Waals surface area contributed by atoms with E-state index in [1.54, 1.807) is 6.07 Å². The van der Waals surface area contributed by atoms with Crippen molar-refractivity contribution in [1.29, 1.82) is 0 Å². The molecule has 3 nitrogen and oxygen atoms in total. The quantitative estimate of drug-likeness (QED) is 0.566. The number of halogens is 1. The second-order valence-corrected chi connectivity index (χ2v) is 8.24. The molecule has 0 unspecified atom stereocenters. The van der Waals surface area contributed by atoms with Crippen molar-refractivity contribution in [1.82, 2.24) is 0 Å². The van der Waals surface area contributed by atoms with Crippen molar-refractivity contribution >= 4 is 27.6 Å². The highest BCUT2D eigenvalue weighted by atomic mass is 79.9. The molecule has 0 saturated heterocycles. The van der Waals surface area contributed by atoms with Gasteiger partial charge in [-0.15, -0.1) is 0 Å². The van der Waals surface area contributed by atoms with Crippen LogP contribution in [0.5, 0.6) is 0 Å². The van der Waals surface area contributed by atoms with E-state index in [-0.39, 0.29) is 12.0 Å². The van der Waals surface area contributed by atoms with E-state index in [2.05, 4.69) is 69.8 Å². The van der Waals surface area contributed by atoms with Gasteiger partial charge in [-0.3, -0.25) is 0 Å². The zero-order valence-corrected chi connectivity index (χ0v) is 16.1. The minimum Gasteiger partial charge on any atom is -0.478 e. The molecule has 0 amide bonds. The lowest BCUT2D eigenvalue weighted by Gasteiger charge is -2.38. The molecule has 2 N–H and O–H groups in total. The molecule has 0 radical (unpaired) electrons. The minimum atomic E-state index is -0.879. The summed E-state index contributed by atoms with van der Waals surface area (Å²) in [6, 6.07) is 22.7. The van der Waals surface area contributed by atoms with Gasteiger partial charge < -0.3 is 10.4 Å². The number of carboxylic acid groups (broad SMARTS) is 1. The third-order valence-corrected chi connectivity index (χ3v) is 6.40. The van der Waals surface area contributed by atoms with Crippen LogP contribution in [-0.2, 0) is 6.42 Å². The Morgan fingerprint density at radius 2 is 1.78 bits per heavy atom. The lowest BCUT2D eigenvalue weighted by Crippen LogP contribution is -2.30. The summed E-state index contributed by atoms with van der Waals surface area (Å²) < 4.78 is 1.07. The molecule has 0 saturated carbocycles. The average molecular weight is 420 g/mol. The minimum absolute atomic E-state index is 0.193. The maximum Gasteiger partial charge on any atom is 0.335 e. The first kappa shape index (κ1) is 16.6. The van der Waals surface area contributed by atoms with Gasteiger partial charge in [-0.2, -0.15) is 0 Å². The molecule has 0 fully saturated rings. The van der Waals surface area contributed by atoms with Crippen LogP contribution in [0.2, 0.25) is 0 Å². The molecule has 1 aliphatic carbocycles. The number of hydrogen-bond donors (Lipinski definition) is 2. The molecule has 3 aromatic rings. The lowest BCUT2D eigenvalue weighted by molar-refractivity contribution is 0.0696. The zero-order chi connectivity index (χ0) is 18.5. The largest absolute Gasteiger partial charge is 0.478 e. The number of nitrogens with one attached hydrogen (secondary N) is 1. The van der Waals surface area contributed by atoms with E-state index in [1.165, 1.54) is 16.7 Å². The van der Waals surface area contributed by atoms with Crippen LogP contribution in [-0.4, -0.2) is 11.1 Å². The fraction of sp³-hybridized carbons (Fsp3) is 0.174. The Morgan fingerprint density at radius 1 is 1.00 bits per heavy atom. The number of aromatic carboxylic acids is 1. The molecule has 5 rings (SSSR count). The second-order valence-electron chi connectivity index (χ2n) is 7.33. The van der Waals surface area contributed by atoms with Crippen molar-refractivity contribution in [3.05, 3.63) is 99.0 Å². The Labute approximate surface area is 166 Å². The normalized spacial score (nSPS) is 22.3. The van der Waals surface area contributed by atoms with Crippen molar-refractivity contribution < 1.29 is 9.90 Å². The fourth-order valence-corrected chi connectivity index (χ4v) is 4.96. The molecule has 0 spiro atoms. The van der Waals surface area contributed by atoms with Crippen molar-refractivity contribution in [3.63, 3.8) is 0 Å². The predicted molar refractivity (Wildman–Crippen MR) is 109 cm³/mol. The fourth-order valence-electron chi connectivity index (χ4n) is 4.69. The van der Waals surface area contributed by atoms with Gasteiger partial charge in [0.1, 0.15) is 0 Å². The highest BCUT2D eigenvalue weighted by Gasteiger charge is 2.43. The van der Waals surface area contributed by atoms with Gasteiger partial charge in [-0.1, -0.05) is 52.3 Å². The number of rotatable bonds is 2. The van der Waals surface area contributed by atoms with Gasteiger partial charge in [0.05, 0.1) is 11.6 Å². The average Bonchev–Trinajstić information content (AvgIpc) is 3.07. The molecule has 1 heterocycles. The van der Waals surface area contributed by atoms with Gasteiger partial charge in [-0.25, -0.2) is 4.79 Å². The summed E-state index contributed by atoms with van der Waals surface area (Å²) in [5.74, 6) is -0.304. The summed E-state index contributed by atoms with van der Waals surface area (Å²) in [6.45, 7) is 0. The van der Waals surface area contributed by atoms with Crippen LogP contribution >= 0.6 is 15.9 Å². The molecule has 3 aromatic carbocycles. The molecule has 2 aliphatic rings. The summed E-state index contributed by atoms with van der Waals surface area (Å²) >= 11 is 3.52. The summed E-state index contributed by atoms with van der Waals surface area (Å²) in [4.78, 5) is 11.5. The maximum atomic E-state index is 11.5. The van der Waals surface area contributed by atoms with Crippen molar-refractivity contribution in [2.75, 3.05) is 5.32 Å². The monoisotopic (exact) mass is 419 g/mol. The van der Waals surface area contributed by atoms with Crippen molar-refractivity contribution in [3.8, 4) is 0 Å². The molecule has 27 heavy (non-hydrogen) atoms. The zero-order valence-electron chi connectivity index (χ0n) is 14.5. The Hall–Kier alpha value is -2.59. The number of fused-ring (bicyclic) bond motifs is 5. The summed E-state index contributed by atoms with van der Waals surface area (Å²) in [6.07, 6.45) is 0.991. The highest BCUT2D eigenvalue weighted by Crippen LogP contribution is 2.53. The SMILES string of the molecule is O=C(O)c1ccc2c(c1)[C@@H]1c3ccccc3C[C@@H]1[C@H](c1ccc(Br)cc1)N2. The second kappa shape index (κ2) is 6.24. The van der Waals surface area contributed by atoms with Gasteiger partial charge in [0.2, 0.25) is 0 Å². The first-order valence-electron chi connectivity index (χ1n) is 9.09. The van der Waals surface area contributed by atoms with Gasteiger partial charge in [-0.05, 0) is 64.9 Å². The molecule has 1 aliphatic heterocycles. The van der Waals surface area contributed by atoms with E-state index in [0.29, 0.717) is 11.5 Å². The maximum absolute atomic E-state index is 11.5. The number of benzene rings is 3. The topological polar surface area (TPSA) is 49.3 Å². The third kappa shape index (κ3) is 2.67. The standard InChI is InChI=1S/C23H18BrNO2/c24-16-8-5-13(6-9-16)22-19-11-14-3-1-2-4-17(14)21(19)18-12-15(23(26)27)7-10-20(18)25-22/h1-10,12,19,21-22,25H,11H2,(H,26,27)/t19-,21-,22-/m0/s1. The lowest BCUT2D eigenvalue weighted by atomic mass is 9.75. The third-order valence-electron chi connectivity index (χ3n) is 5.88. The predicted octanol–water partition coefficient (Wildman–Crippen LogP) is 5.62. The Bertz CT molecular complexity index is 1040. The molecule has 0 aromatic heterocycles. The Balaban J connectivity index is 1.68. The Morgan fingerprint density at radius 3 is 2.56 bits per heavy atom. The van der Waals surface area contributed by atoms with E-state index >= 15 is 0 Å². The number of anilines is 1. The van der Waals surface area contributed by atoms with Crippen LogP contribution in [0.25, 0.3) is 0 Å². The first-order valence-corrected chi connectivity index (χ1v) is 9.88. The smallest absolute Gasteiger partial charge is 0.335 e. The van der Waals surface area contributed by atoms with Crippen LogP contribution in [0.15, 0.2) is 71.2 Å². The van der Waals surface area contributed by atoms with E-state index < -0.39 is 5.97 Å². The number of carbonyl (C=O) groups is 1. The van der Waals surface area contributed by atoms with E-state index in [1.807, 2.05) is 12.1 Å². The first-order chi connectivity index (χ1) is 13.1.